The van der Waals surface area contributed by atoms with E-state index in [2.05, 4.69) is 0 Å². The zero-order chi connectivity index (χ0) is 20.8. The van der Waals surface area contributed by atoms with Gasteiger partial charge in [0.1, 0.15) is 11.5 Å². The summed E-state index contributed by atoms with van der Waals surface area (Å²) in [5.74, 6) is -0.389. The highest BCUT2D eigenvalue weighted by atomic mass is 16.5. The van der Waals surface area contributed by atoms with Crippen LogP contribution in [0.3, 0.4) is 0 Å². The molecule has 0 heterocycles. The van der Waals surface area contributed by atoms with Crippen molar-refractivity contribution in [1.29, 1.82) is 0 Å². The third kappa shape index (κ3) is 4.47. The maximum Gasteiger partial charge on any atom is 0.171 e. The first-order valence-corrected chi connectivity index (χ1v) is 9.29. The van der Waals surface area contributed by atoms with Crippen LogP contribution in [0.4, 0.5) is 0 Å². The minimum atomic E-state index is -1.27. The number of benzene rings is 3. The van der Waals surface area contributed by atoms with Gasteiger partial charge in [0.15, 0.2) is 5.78 Å². The van der Waals surface area contributed by atoms with Crippen LogP contribution in [0.1, 0.15) is 33.7 Å². The molecule has 3 aromatic carbocycles. The average Bonchev–Trinajstić information content (AvgIpc) is 2.79. The van der Waals surface area contributed by atoms with E-state index in [9.17, 15) is 15.0 Å². The van der Waals surface area contributed by atoms with Crippen molar-refractivity contribution in [2.24, 2.45) is 5.92 Å². The van der Waals surface area contributed by atoms with Crippen LogP contribution in [0.25, 0.3) is 0 Å². The van der Waals surface area contributed by atoms with Crippen molar-refractivity contribution in [3.8, 4) is 11.5 Å². The quantitative estimate of drug-likeness (QED) is 0.568. The van der Waals surface area contributed by atoms with Crippen LogP contribution >= 0.6 is 0 Å². The third-order valence-corrected chi connectivity index (χ3v) is 4.96. The Morgan fingerprint density at radius 2 is 1.38 bits per heavy atom. The summed E-state index contributed by atoms with van der Waals surface area (Å²) >= 11 is 0. The molecule has 0 saturated carbocycles. The molecular formula is C24H24O5. The van der Waals surface area contributed by atoms with Gasteiger partial charge in [-0.05, 0) is 23.8 Å². The summed E-state index contributed by atoms with van der Waals surface area (Å²) in [7, 11) is 3.05. The number of ketones is 1. The molecule has 5 nitrogen and oxygen atoms in total. The fourth-order valence-corrected chi connectivity index (χ4v) is 3.37. The Balaban J connectivity index is 2.04. The molecule has 0 amide bonds. The number of ether oxygens (including phenoxy) is 2. The van der Waals surface area contributed by atoms with Crippen LogP contribution in [0.5, 0.6) is 11.5 Å². The summed E-state index contributed by atoms with van der Waals surface area (Å²) in [5.41, 5.74) is 1.37. The number of methoxy groups -OCH3 is 2. The fourth-order valence-electron chi connectivity index (χ4n) is 3.37. The molecule has 0 aliphatic heterocycles. The number of hydrogen-bond donors (Lipinski definition) is 2. The largest absolute Gasteiger partial charge is 0.497 e. The van der Waals surface area contributed by atoms with E-state index in [1.165, 1.54) is 7.11 Å². The van der Waals surface area contributed by atoms with Crippen molar-refractivity contribution in [1.82, 2.24) is 0 Å². The summed E-state index contributed by atoms with van der Waals surface area (Å²) in [6.07, 6.45) is -2.50. The summed E-state index contributed by atoms with van der Waals surface area (Å²) in [5, 5.41) is 22.3. The van der Waals surface area contributed by atoms with E-state index in [0.717, 1.165) is 0 Å². The van der Waals surface area contributed by atoms with Gasteiger partial charge in [-0.15, -0.1) is 0 Å². The van der Waals surface area contributed by atoms with Crippen molar-refractivity contribution >= 4 is 5.78 Å². The Morgan fingerprint density at radius 3 is 2.00 bits per heavy atom. The molecule has 1 unspecified atom stereocenters. The Morgan fingerprint density at radius 1 is 0.759 bits per heavy atom. The second-order valence-corrected chi connectivity index (χ2v) is 6.66. The molecule has 0 aliphatic rings. The van der Waals surface area contributed by atoms with Gasteiger partial charge in [-0.3, -0.25) is 4.79 Å². The van der Waals surface area contributed by atoms with E-state index < -0.39 is 18.1 Å². The molecule has 3 rings (SSSR count). The zero-order valence-corrected chi connectivity index (χ0v) is 16.4. The zero-order valence-electron chi connectivity index (χ0n) is 16.4. The monoisotopic (exact) mass is 392 g/mol. The van der Waals surface area contributed by atoms with Crippen molar-refractivity contribution < 1.29 is 24.5 Å². The number of rotatable bonds is 8. The number of aliphatic hydroxyl groups is 2. The molecule has 5 heteroatoms. The number of carbonyl (C=O) groups is 1. The van der Waals surface area contributed by atoms with Crippen LogP contribution in [0.15, 0.2) is 78.9 Å². The van der Waals surface area contributed by atoms with Crippen molar-refractivity contribution in [3.05, 3.63) is 95.6 Å². The highest BCUT2D eigenvalue weighted by Crippen LogP contribution is 2.39. The molecule has 0 radical (unpaired) electrons. The lowest BCUT2D eigenvalue weighted by molar-refractivity contribution is 0.0135. The first kappa shape index (κ1) is 20.6. The minimum absolute atomic E-state index is 0.354. The predicted octanol–water partition coefficient (Wildman–Crippen LogP) is 3.97. The van der Waals surface area contributed by atoms with Crippen LogP contribution in [-0.2, 0) is 0 Å². The number of hydrogen-bond acceptors (Lipinski definition) is 5. The van der Waals surface area contributed by atoms with Gasteiger partial charge < -0.3 is 19.7 Å². The molecule has 3 atom stereocenters. The highest BCUT2D eigenvalue weighted by molar-refractivity contribution is 5.98. The molecule has 0 aromatic heterocycles. The Bertz CT molecular complexity index is 937. The normalized spacial score (nSPS) is 13.9. The van der Waals surface area contributed by atoms with Crippen LogP contribution < -0.4 is 9.47 Å². The van der Waals surface area contributed by atoms with Crippen LogP contribution in [-0.4, -0.2) is 30.2 Å². The second-order valence-electron chi connectivity index (χ2n) is 6.66. The lowest BCUT2D eigenvalue weighted by Gasteiger charge is -2.28. The SMILES string of the molecule is COc1ccc([C@@H](O)C(C(=O)c2ccccc2)[C@H](O)c2ccccc2OC)cc1. The Kier molecular flexibility index (Phi) is 6.65. The van der Waals surface area contributed by atoms with Gasteiger partial charge in [-0.2, -0.15) is 0 Å². The maximum atomic E-state index is 13.3. The fraction of sp³-hybridized carbons (Fsp3) is 0.208. The average molecular weight is 392 g/mol. The first-order valence-electron chi connectivity index (χ1n) is 9.29. The summed E-state index contributed by atoms with van der Waals surface area (Å²) in [6, 6.07) is 22.4. The first-order chi connectivity index (χ1) is 14.1. The number of para-hydroxylation sites is 1. The predicted molar refractivity (Wildman–Crippen MR) is 110 cm³/mol. The van der Waals surface area contributed by atoms with Crippen molar-refractivity contribution in [2.75, 3.05) is 14.2 Å². The van der Waals surface area contributed by atoms with Gasteiger partial charge in [0.25, 0.3) is 0 Å². The lowest BCUT2D eigenvalue weighted by Crippen LogP contribution is -2.29. The van der Waals surface area contributed by atoms with E-state index in [-0.39, 0.29) is 5.78 Å². The molecule has 3 aromatic rings. The number of Topliss-reactive ketones (excluding diaryl/α,β-unsaturated/α-hetero) is 1. The minimum Gasteiger partial charge on any atom is -0.497 e. The molecule has 0 aliphatic carbocycles. The number of carbonyl (C=O) groups excluding carboxylic acids is 1. The molecule has 0 fully saturated rings. The van der Waals surface area contributed by atoms with Gasteiger partial charge in [-0.1, -0.05) is 60.7 Å². The lowest BCUT2D eigenvalue weighted by atomic mass is 9.81. The maximum absolute atomic E-state index is 13.3. The van der Waals surface area contributed by atoms with Crippen LogP contribution in [0.2, 0.25) is 0 Å². The molecule has 29 heavy (non-hydrogen) atoms. The molecular weight excluding hydrogens is 368 g/mol. The topological polar surface area (TPSA) is 76.0 Å². The van der Waals surface area contributed by atoms with Gasteiger partial charge >= 0.3 is 0 Å². The standard InChI is InChI=1S/C24H24O5/c1-28-18-14-12-17(13-15-18)23(26)21(22(25)16-8-4-3-5-9-16)24(27)19-10-6-7-11-20(19)29-2/h3-15,21,23-24,26-27H,1-2H3/t21?,23-,24-/m1/s1. The van der Waals surface area contributed by atoms with E-state index in [1.54, 1.807) is 79.9 Å². The van der Waals surface area contributed by atoms with E-state index in [1.807, 2.05) is 6.07 Å². The third-order valence-electron chi connectivity index (χ3n) is 4.96. The molecule has 2 N–H and O–H groups in total. The second kappa shape index (κ2) is 9.37. The van der Waals surface area contributed by atoms with Crippen molar-refractivity contribution in [2.45, 2.75) is 12.2 Å². The molecule has 0 saturated heterocycles. The van der Waals surface area contributed by atoms with E-state index in [4.69, 9.17) is 9.47 Å². The molecule has 0 spiro atoms. The number of aliphatic hydroxyl groups excluding tert-OH is 2. The van der Waals surface area contributed by atoms with E-state index >= 15 is 0 Å². The van der Waals surface area contributed by atoms with Crippen LogP contribution in [0, 0.1) is 5.92 Å². The van der Waals surface area contributed by atoms with Gasteiger partial charge in [0, 0.05) is 11.1 Å². The molecule has 0 bridgehead atoms. The summed E-state index contributed by atoms with van der Waals surface area (Å²) in [6.45, 7) is 0. The smallest absolute Gasteiger partial charge is 0.171 e. The Labute approximate surface area is 170 Å². The summed E-state index contributed by atoms with van der Waals surface area (Å²) < 4.78 is 10.5. The van der Waals surface area contributed by atoms with Gasteiger partial charge in [0.2, 0.25) is 0 Å². The molecule has 150 valence electrons. The van der Waals surface area contributed by atoms with Crippen molar-refractivity contribution in [3.63, 3.8) is 0 Å². The van der Waals surface area contributed by atoms with Gasteiger partial charge in [0.05, 0.1) is 32.3 Å². The van der Waals surface area contributed by atoms with E-state index in [0.29, 0.717) is 28.2 Å². The summed E-state index contributed by atoms with van der Waals surface area (Å²) in [4.78, 5) is 13.3. The van der Waals surface area contributed by atoms with Gasteiger partial charge in [-0.25, -0.2) is 0 Å². The Hall–Kier alpha value is -3.15. The highest BCUT2D eigenvalue weighted by Gasteiger charge is 2.37.